The Bertz CT molecular complexity index is 273. The molecule has 1 aliphatic carbocycles. The summed E-state index contributed by atoms with van der Waals surface area (Å²) in [5.41, 5.74) is 0.906. The number of esters is 1. The third-order valence-electron chi connectivity index (χ3n) is 3.14. The number of ether oxygens (including phenoxy) is 1. The molecule has 16 heavy (non-hydrogen) atoms. The van der Waals surface area contributed by atoms with Crippen molar-refractivity contribution in [3.8, 4) is 0 Å². The normalized spacial score (nSPS) is 24.0. The van der Waals surface area contributed by atoms with Crippen LogP contribution in [0.4, 0.5) is 0 Å². The molecule has 0 spiro atoms. The van der Waals surface area contributed by atoms with E-state index in [2.05, 4.69) is 6.58 Å². The van der Waals surface area contributed by atoms with E-state index in [9.17, 15) is 4.79 Å². The van der Waals surface area contributed by atoms with Gasteiger partial charge in [0, 0.05) is 0 Å². The predicted molar refractivity (Wildman–Crippen MR) is 66.1 cm³/mol. The molecule has 0 aliphatic heterocycles. The van der Waals surface area contributed by atoms with Gasteiger partial charge in [-0.2, -0.15) is 0 Å². The van der Waals surface area contributed by atoms with Crippen LogP contribution in [0.15, 0.2) is 12.2 Å². The van der Waals surface area contributed by atoms with Crippen LogP contribution in [0.3, 0.4) is 0 Å². The van der Waals surface area contributed by atoms with Crippen molar-refractivity contribution in [2.24, 2.45) is 11.8 Å². The fraction of sp³-hybridized carbons (Fsp3) is 0.786. The molecule has 1 saturated carbocycles. The smallest absolute Gasteiger partial charge is 0.309 e. The van der Waals surface area contributed by atoms with Gasteiger partial charge in [0.2, 0.25) is 0 Å². The minimum Gasteiger partial charge on any atom is -0.460 e. The number of hydrogen-bond acceptors (Lipinski definition) is 2. The maximum absolute atomic E-state index is 11.9. The van der Waals surface area contributed by atoms with E-state index in [0.29, 0.717) is 5.92 Å². The molecule has 2 unspecified atom stereocenters. The third-order valence-corrected chi connectivity index (χ3v) is 3.14. The van der Waals surface area contributed by atoms with Gasteiger partial charge in [0.05, 0.1) is 5.92 Å². The second kappa shape index (κ2) is 5.03. The molecule has 2 nitrogen and oxygen atoms in total. The van der Waals surface area contributed by atoms with Crippen LogP contribution < -0.4 is 0 Å². The number of hydrogen-bond donors (Lipinski definition) is 0. The van der Waals surface area contributed by atoms with Gasteiger partial charge < -0.3 is 4.74 Å². The molecular formula is C14H24O2. The van der Waals surface area contributed by atoms with Crippen LogP contribution in [0.1, 0.15) is 53.4 Å². The lowest BCUT2D eigenvalue weighted by Crippen LogP contribution is -2.32. The first-order chi connectivity index (χ1) is 7.29. The number of allylic oxidation sites excluding steroid dienone is 1. The molecule has 0 N–H and O–H groups in total. The Morgan fingerprint density at radius 1 is 1.50 bits per heavy atom. The molecule has 0 radical (unpaired) electrons. The summed E-state index contributed by atoms with van der Waals surface area (Å²) in [5.74, 6) is 0.361. The Kier molecular flexibility index (Phi) is 4.17. The van der Waals surface area contributed by atoms with Crippen LogP contribution in [0.2, 0.25) is 0 Å². The van der Waals surface area contributed by atoms with Crippen molar-refractivity contribution >= 4 is 5.97 Å². The van der Waals surface area contributed by atoms with Gasteiger partial charge in [-0.1, -0.05) is 19.1 Å². The minimum absolute atomic E-state index is 0.00345. The van der Waals surface area contributed by atoms with Crippen LogP contribution in [-0.2, 0) is 9.53 Å². The topological polar surface area (TPSA) is 26.3 Å². The van der Waals surface area contributed by atoms with Gasteiger partial charge in [0.15, 0.2) is 0 Å². The molecule has 2 atom stereocenters. The van der Waals surface area contributed by atoms with E-state index in [4.69, 9.17) is 4.74 Å². The Hall–Kier alpha value is -0.790. The molecule has 0 aromatic carbocycles. The lowest BCUT2D eigenvalue weighted by Gasteiger charge is -2.30. The van der Waals surface area contributed by atoms with Crippen molar-refractivity contribution < 1.29 is 9.53 Å². The Balaban J connectivity index is 2.53. The van der Waals surface area contributed by atoms with Crippen molar-refractivity contribution in [3.05, 3.63) is 12.2 Å². The SMILES string of the molecule is C=C1CCCC(C(C)C(=O)OC(C)(C)C)C1. The summed E-state index contributed by atoms with van der Waals surface area (Å²) in [5, 5.41) is 0. The maximum Gasteiger partial charge on any atom is 0.309 e. The van der Waals surface area contributed by atoms with E-state index in [-0.39, 0.29) is 17.5 Å². The lowest BCUT2D eigenvalue weighted by atomic mass is 9.79. The summed E-state index contributed by atoms with van der Waals surface area (Å²) in [6.45, 7) is 11.8. The van der Waals surface area contributed by atoms with Crippen LogP contribution in [0, 0.1) is 11.8 Å². The van der Waals surface area contributed by atoms with Crippen molar-refractivity contribution in [2.45, 2.75) is 59.0 Å². The first-order valence-corrected chi connectivity index (χ1v) is 6.19. The third kappa shape index (κ3) is 3.99. The Morgan fingerprint density at radius 2 is 2.12 bits per heavy atom. The Labute approximate surface area is 99.1 Å². The van der Waals surface area contributed by atoms with Crippen molar-refractivity contribution in [2.75, 3.05) is 0 Å². The van der Waals surface area contributed by atoms with Gasteiger partial charge in [-0.05, 0) is 52.4 Å². The molecular weight excluding hydrogens is 200 g/mol. The molecule has 1 aliphatic rings. The highest BCUT2D eigenvalue weighted by Crippen LogP contribution is 2.33. The second-order valence-corrected chi connectivity index (χ2v) is 5.93. The zero-order valence-corrected chi connectivity index (χ0v) is 11.0. The van der Waals surface area contributed by atoms with E-state index in [0.717, 1.165) is 25.7 Å². The fourth-order valence-electron chi connectivity index (χ4n) is 2.20. The highest BCUT2D eigenvalue weighted by Gasteiger charge is 2.30. The molecule has 0 heterocycles. The predicted octanol–water partition coefficient (Wildman–Crippen LogP) is 3.71. The molecule has 0 amide bonds. The molecule has 0 bridgehead atoms. The average Bonchev–Trinajstić information content (AvgIpc) is 2.14. The summed E-state index contributed by atoms with van der Waals surface area (Å²) in [6, 6.07) is 0. The molecule has 1 rings (SSSR count). The Morgan fingerprint density at radius 3 is 2.62 bits per heavy atom. The monoisotopic (exact) mass is 224 g/mol. The lowest BCUT2D eigenvalue weighted by molar-refractivity contribution is -0.161. The highest BCUT2D eigenvalue weighted by atomic mass is 16.6. The summed E-state index contributed by atoms with van der Waals surface area (Å²) in [4.78, 5) is 11.9. The zero-order valence-electron chi connectivity index (χ0n) is 11.0. The number of rotatable bonds is 2. The van der Waals surface area contributed by atoms with Crippen LogP contribution in [0.5, 0.6) is 0 Å². The van der Waals surface area contributed by atoms with Gasteiger partial charge in [0.25, 0.3) is 0 Å². The highest BCUT2D eigenvalue weighted by molar-refractivity contribution is 5.72. The molecule has 2 heteroatoms. The van der Waals surface area contributed by atoms with Crippen LogP contribution in [-0.4, -0.2) is 11.6 Å². The maximum atomic E-state index is 11.9. The van der Waals surface area contributed by atoms with Gasteiger partial charge >= 0.3 is 5.97 Å². The standard InChI is InChI=1S/C14H24O2/c1-10-7-6-8-12(9-10)11(2)13(15)16-14(3,4)5/h11-12H,1,6-9H2,2-5H3. The van der Waals surface area contributed by atoms with E-state index in [1.807, 2.05) is 27.7 Å². The van der Waals surface area contributed by atoms with E-state index < -0.39 is 0 Å². The first-order valence-electron chi connectivity index (χ1n) is 6.19. The first kappa shape index (κ1) is 13.3. The van der Waals surface area contributed by atoms with Crippen LogP contribution in [0.25, 0.3) is 0 Å². The number of carbonyl (C=O) groups excluding carboxylic acids is 1. The van der Waals surface area contributed by atoms with Crippen LogP contribution >= 0.6 is 0 Å². The summed E-state index contributed by atoms with van der Waals surface area (Å²) in [7, 11) is 0. The molecule has 92 valence electrons. The van der Waals surface area contributed by atoms with Crippen molar-refractivity contribution in [3.63, 3.8) is 0 Å². The minimum atomic E-state index is -0.378. The summed E-state index contributed by atoms with van der Waals surface area (Å²) >= 11 is 0. The van der Waals surface area contributed by atoms with Gasteiger partial charge in [0.1, 0.15) is 5.60 Å². The van der Waals surface area contributed by atoms with Crippen molar-refractivity contribution in [1.29, 1.82) is 0 Å². The van der Waals surface area contributed by atoms with E-state index in [1.54, 1.807) is 0 Å². The molecule has 0 aromatic rings. The molecule has 1 fully saturated rings. The molecule has 0 saturated heterocycles. The number of carbonyl (C=O) groups is 1. The zero-order chi connectivity index (χ0) is 12.3. The summed E-state index contributed by atoms with van der Waals surface area (Å²) < 4.78 is 5.42. The van der Waals surface area contributed by atoms with E-state index >= 15 is 0 Å². The van der Waals surface area contributed by atoms with Gasteiger partial charge in [-0.25, -0.2) is 0 Å². The summed E-state index contributed by atoms with van der Waals surface area (Å²) in [6.07, 6.45) is 4.40. The quantitative estimate of drug-likeness (QED) is 0.528. The van der Waals surface area contributed by atoms with Crippen molar-refractivity contribution in [1.82, 2.24) is 0 Å². The van der Waals surface area contributed by atoms with Gasteiger partial charge in [-0.3, -0.25) is 4.79 Å². The fourth-order valence-corrected chi connectivity index (χ4v) is 2.20. The van der Waals surface area contributed by atoms with Gasteiger partial charge in [-0.15, -0.1) is 0 Å². The molecule has 0 aromatic heterocycles. The average molecular weight is 224 g/mol. The van der Waals surface area contributed by atoms with E-state index in [1.165, 1.54) is 5.57 Å². The second-order valence-electron chi connectivity index (χ2n) is 5.93. The largest absolute Gasteiger partial charge is 0.460 e.